The zero-order valence-corrected chi connectivity index (χ0v) is 8.37. The number of aromatic nitrogens is 2. The average Bonchev–Trinajstić information content (AvgIpc) is 2.59. The molecule has 0 spiro atoms. The first kappa shape index (κ1) is 11.1. The van der Waals surface area contributed by atoms with Crippen LogP contribution in [0.1, 0.15) is 12.6 Å². The second-order valence-electron chi connectivity index (χ2n) is 3.63. The van der Waals surface area contributed by atoms with Crippen LogP contribution < -0.4 is 11.2 Å². The van der Waals surface area contributed by atoms with Gasteiger partial charge in [-0.3, -0.25) is 14.3 Å². The second-order valence-corrected chi connectivity index (χ2v) is 3.63. The molecule has 0 amide bonds. The Morgan fingerprint density at radius 2 is 2.31 bits per heavy atom. The lowest BCUT2D eigenvalue weighted by molar-refractivity contribution is -0.0459. The third-order valence-corrected chi connectivity index (χ3v) is 2.55. The van der Waals surface area contributed by atoms with Gasteiger partial charge in [-0.05, 0) is 0 Å². The van der Waals surface area contributed by atoms with Gasteiger partial charge in [-0.2, -0.15) is 0 Å². The molecule has 2 rings (SSSR count). The fourth-order valence-electron chi connectivity index (χ4n) is 1.70. The highest BCUT2D eigenvalue weighted by Gasteiger charge is 2.34. The number of ether oxygens (including phenoxy) is 1. The molecule has 1 aliphatic rings. The largest absolute Gasteiger partial charge is 0.394 e. The Morgan fingerprint density at radius 1 is 1.56 bits per heavy atom. The van der Waals surface area contributed by atoms with E-state index in [-0.39, 0.29) is 13.0 Å². The highest BCUT2D eigenvalue weighted by molar-refractivity contribution is 4.88. The number of aliphatic hydroxyl groups excluding tert-OH is 2. The first-order valence-corrected chi connectivity index (χ1v) is 4.87. The van der Waals surface area contributed by atoms with Gasteiger partial charge >= 0.3 is 5.69 Å². The summed E-state index contributed by atoms with van der Waals surface area (Å²) >= 11 is 0. The number of hydrogen-bond donors (Lipinski definition) is 3. The number of nitrogens with zero attached hydrogens (tertiary/aromatic N) is 1. The lowest BCUT2D eigenvalue weighted by atomic mass is 10.4. The Kier molecular flexibility index (Phi) is 2.90. The third-order valence-electron chi connectivity index (χ3n) is 2.55. The molecule has 88 valence electrons. The minimum absolute atomic E-state index is 0.206. The monoisotopic (exact) mass is 231 g/mol. The number of aromatic amines is 1. The van der Waals surface area contributed by atoms with Crippen LogP contribution in [0.3, 0.4) is 0 Å². The van der Waals surface area contributed by atoms with E-state index < -0.39 is 29.7 Å². The van der Waals surface area contributed by atoms with Crippen LogP contribution >= 0.6 is 0 Å². The van der Waals surface area contributed by atoms with E-state index in [1.54, 1.807) is 0 Å². The van der Waals surface area contributed by atoms with Gasteiger partial charge in [0, 0.05) is 18.7 Å². The number of aliphatic hydroxyl groups is 2. The summed E-state index contributed by atoms with van der Waals surface area (Å²) in [6, 6.07) is 1.20. The van der Waals surface area contributed by atoms with Crippen molar-refractivity contribution in [2.45, 2.75) is 24.9 Å². The quantitative estimate of drug-likeness (QED) is 0.520. The lowest BCUT2D eigenvalue weighted by Crippen LogP contribution is -2.31. The summed E-state index contributed by atoms with van der Waals surface area (Å²) in [5.41, 5.74) is -1.08. The summed E-state index contributed by atoms with van der Waals surface area (Å²) in [5, 5.41) is 18.4. The molecule has 0 bridgehead atoms. The lowest BCUT2D eigenvalue weighted by Gasteiger charge is -2.13. The fraction of sp³-hybridized carbons (Fsp3) is 0.556. The number of rotatable bonds is 2. The smallest absolute Gasteiger partial charge is 0.330 e. The van der Waals surface area contributed by atoms with Crippen LogP contribution in [0.15, 0.2) is 21.9 Å². The van der Waals surface area contributed by atoms with Crippen molar-refractivity contribution >= 4 is 0 Å². The number of nitrogens with one attached hydrogen (secondary N) is 1. The topological polar surface area (TPSA) is 105 Å². The third kappa shape index (κ3) is 1.92. The van der Waals surface area contributed by atoms with Crippen molar-refractivity contribution in [1.82, 2.24) is 9.55 Å². The van der Waals surface area contributed by atoms with Gasteiger partial charge < -0.3 is 14.9 Å². The molecule has 7 heteroatoms. The molecule has 3 N–H and O–H groups in total. The summed E-state index contributed by atoms with van der Waals surface area (Å²) < 4.78 is 6.45. The second kappa shape index (κ2) is 4.20. The average molecular weight is 231 g/mol. The van der Waals surface area contributed by atoms with Gasteiger partial charge in [-0.1, -0.05) is 0 Å². The maximum Gasteiger partial charge on any atom is 0.330 e. The van der Waals surface area contributed by atoms with Crippen molar-refractivity contribution in [3.05, 3.63) is 33.1 Å². The predicted octanol–water partition coefficient (Wildman–Crippen LogP) is -1.82. The highest BCUT2D eigenvalue weighted by Crippen LogP contribution is 2.26. The van der Waals surface area contributed by atoms with Crippen molar-refractivity contribution in [1.29, 1.82) is 0 Å². The summed E-state index contributed by atoms with van der Waals surface area (Å²) in [4.78, 5) is 24.3. The number of H-pyrrole nitrogens is 1. The SMILES string of the molecule is O=c1ccn([13C@H]2[13CH2][C@H](O)[C@@H]([13CH2]O)O2)c(=O)[nH]1. The Morgan fingerprint density at radius 3 is 2.88 bits per heavy atom. The molecule has 7 nitrogen and oxygen atoms in total. The van der Waals surface area contributed by atoms with E-state index in [2.05, 4.69) is 4.98 Å². The zero-order valence-electron chi connectivity index (χ0n) is 8.37. The Hall–Kier alpha value is -1.44. The van der Waals surface area contributed by atoms with E-state index in [4.69, 9.17) is 9.84 Å². The van der Waals surface area contributed by atoms with Gasteiger partial charge in [0.15, 0.2) is 0 Å². The maximum atomic E-state index is 11.4. The van der Waals surface area contributed by atoms with E-state index in [1.165, 1.54) is 16.8 Å². The number of hydrogen-bond acceptors (Lipinski definition) is 5. The van der Waals surface area contributed by atoms with Gasteiger partial charge in [-0.15, -0.1) is 0 Å². The molecule has 0 aromatic carbocycles. The van der Waals surface area contributed by atoms with E-state index >= 15 is 0 Å². The molecule has 0 unspecified atom stereocenters. The van der Waals surface area contributed by atoms with Crippen molar-refractivity contribution < 1.29 is 14.9 Å². The predicted molar refractivity (Wildman–Crippen MR) is 52.9 cm³/mol. The van der Waals surface area contributed by atoms with Crippen molar-refractivity contribution in [3.63, 3.8) is 0 Å². The fourth-order valence-corrected chi connectivity index (χ4v) is 1.70. The molecule has 1 fully saturated rings. The van der Waals surface area contributed by atoms with Gasteiger partial charge in [0.25, 0.3) is 5.56 Å². The maximum absolute atomic E-state index is 11.4. The zero-order chi connectivity index (χ0) is 11.7. The van der Waals surface area contributed by atoms with Gasteiger partial charge in [0.1, 0.15) is 12.3 Å². The van der Waals surface area contributed by atoms with Gasteiger partial charge in [-0.25, -0.2) is 4.79 Å². The molecular formula is C9H12N2O5. The molecule has 1 saturated heterocycles. The van der Waals surface area contributed by atoms with E-state index in [1.807, 2.05) is 0 Å². The van der Waals surface area contributed by atoms with Crippen LogP contribution in [0.5, 0.6) is 0 Å². The molecule has 0 saturated carbocycles. The summed E-state index contributed by atoms with van der Waals surface area (Å²) in [5.74, 6) is 0. The Bertz CT molecular complexity index is 479. The van der Waals surface area contributed by atoms with Gasteiger partial charge in [0.2, 0.25) is 0 Å². The van der Waals surface area contributed by atoms with Crippen LogP contribution in [0.4, 0.5) is 0 Å². The van der Waals surface area contributed by atoms with E-state index in [9.17, 15) is 14.7 Å². The summed E-state index contributed by atoms with van der Waals surface area (Å²) in [6.07, 6.45) is -0.649. The van der Waals surface area contributed by atoms with Crippen LogP contribution in [0, 0.1) is 0 Å². The van der Waals surface area contributed by atoms with Crippen LogP contribution in [-0.4, -0.2) is 38.6 Å². The molecule has 2 heterocycles. The molecule has 1 aromatic rings. The molecule has 3 atom stereocenters. The van der Waals surface area contributed by atoms with Crippen molar-refractivity contribution in [2.75, 3.05) is 6.61 Å². The normalized spacial score (nSPS) is 29.5. The minimum atomic E-state index is -0.811. The standard InChI is InChI=1S/C9H12N2O5/c12-4-6-5(13)3-8(16-6)11-2-1-7(14)10-9(11)15/h1-2,5-6,8,12-13H,3-4H2,(H,10,14,15)/t5-,6+,8+/m0/s1/i3+1,4+1,8+1. The van der Waals surface area contributed by atoms with E-state index in [0.29, 0.717) is 0 Å². The molecule has 16 heavy (non-hydrogen) atoms. The van der Waals surface area contributed by atoms with Crippen LogP contribution in [0.2, 0.25) is 0 Å². The molecule has 0 radical (unpaired) electrons. The highest BCUT2D eigenvalue weighted by atomic mass is 16.6. The van der Waals surface area contributed by atoms with Crippen molar-refractivity contribution in [2.24, 2.45) is 0 Å². The minimum Gasteiger partial charge on any atom is -0.394 e. The van der Waals surface area contributed by atoms with Crippen LogP contribution in [-0.2, 0) is 4.74 Å². The Balaban J connectivity index is 2.27. The molecule has 1 aliphatic heterocycles. The first-order chi connectivity index (χ1) is 7.61. The summed E-state index contributed by atoms with van der Waals surface area (Å²) in [6.45, 7) is -0.310. The Labute approximate surface area is 89.9 Å². The van der Waals surface area contributed by atoms with E-state index in [0.717, 1.165) is 0 Å². The molecular weight excluding hydrogens is 219 g/mol. The summed E-state index contributed by atoms with van der Waals surface area (Å²) in [7, 11) is 0. The first-order valence-electron chi connectivity index (χ1n) is 4.87. The van der Waals surface area contributed by atoms with Crippen molar-refractivity contribution in [3.8, 4) is 0 Å². The van der Waals surface area contributed by atoms with Gasteiger partial charge in [0.05, 0.1) is 12.7 Å². The van der Waals surface area contributed by atoms with Crippen LogP contribution in [0.25, 0.3) is 0 Å². The molecule has 0 aliphatic carbocycles. The molecule has 1 aromatic heterocycles.